The lowest BCUT2D eigenvalue weighted by Gasteiger charge is -2.38. The molecule has 5 heteroatoms. The van der Waals surface area contributed by atoms with Crippen molar-refractivity contribution >= 4 is 5.91 Å². The lowest BCUT2D eigenvalue weighted by molar-refractivity contribution is -0.125. The van der Waals surface area contributed by atoms with Crippen LogP contribution in [0.5, 0.6) is 5.75 Å². The van der Waals surface area contributed by atoms with E-state index in [2.05, 4.69) is 29.2 Å². The molecule has 3 N–H and O–H groups in total. The number of nitrogens with two attached hydrogens (primary N) is 1. The molecular weight excluding hydrogens is 328 g/mol. The number of β-amino-alcohol motifs (C(OH)–C–C–N with tert-alkyl or cyclic N) is 1. The fourth-order valence-electron chi connectivity index (χ4n) is 3.76. The summed E-state index contributed by atoms with van der Waals surface area (Å²) in [5.74, 6) is 0.367. The molecule has 1 amide bonds. The van der Waals surface area contributed by atoms with Gasteiger partial charge < -0.3 is 15.6 Å². The van der Waals surface area contributed by atoms with E-state index in [-0.39, 0.29) is 6.42 Å². The summed E-state index contributed by atoms with van der Waals surface area (Å²) in [6.45, 7) is 1.97. The van der Waals surface area contributed by atoms with Crippen LogP contribution in [-0.2, 0) is 11.3 Å². The van der Waals surface area contributed by atoms with Gasteiger partial charge in [0.15, 0.2) is 0 Å². The molecule has 1 aliphatic rings. The molecule has 5 nitrogen and oxygen atoms in total. The van der Waals surface area contributed by atoms with Crippen LogP contribution in [0.3, 0.4) is 0 Å². The first-order valence-corrected chi connectivity index (χ1v) is 8.94. The first-order valence-electron chi connectivity index (χ1n) is 8.94. The number of ether oxygens (including phenoxy) is 1. The topological polar surface area (TPSA) is 75.8 Å². The third kappa shape index (κ3) is 4.42. The average Bonchev–Trinajstić information content (AvgIpc) is 2.61. The third-order valence-electron chi connectivity index (χ3n) is 4.92. The number of amides is 1. The average molecular weight is 354 g/mol. The number of methoxy groups -OCH3 is 1. The van der Waals surface area contributed by atoms with E-state index in [0.29, 0.717) is 19.5 Å². The first kappa shape index (κ1) is 18.4. The maximum Gasteiger partial charge on any atom is 0.220 e. The van der Waals surface area contributed by atoms with Crippen LogP contribution in [0.25, 0.3) is 11.1 Å². The summed E-state index contributed by atoms with van der Waals surface area (Å²) in [4.78, 5) is 13.4. The quantitative estimate of drug-likeness (QED) is 0.836. The van der Waals surface area contributed by atoms with Crippen LogP contribution in [0.4, 0.5) is 0 Å². The number of hydrogen-bond acceptors (Lipinski definition) is 4. The van der Waals surface area contributed by atoms with Crippen molar-refractivity contribution < 1.29 is 14.6 Å². The Balaban J connectivity index is 1.81. The van der Waals surface area contributed by atoms with Crippen LogP contribution >= 0.6 is 0 Å². The fraction of sp³-hybridized carbons (Fsp3) is 0.381. The van der Waals surface area contributed by atoms with E-state index >= 15 is 0 Å². The third-order valence-corrected chi connectivity index (χ3v) is 4.92. The number of rotatable bonds is 6. The zero-order valence-corrected chi connectivity index (χ0v) is 15.1. The summed E-state index contributed by atoms with van der Waals surface area (Å²) >= 11 is 0. The number of likely N-dealkylation sites (tertiary alicyclic amines) is 1. The summed E-state index contributed by atoms with van der Waals surface area (Å²) in [5, 5.41) is 10.7. The fourth-order valence-corrected chi connectivity index (χ4v) is 3.76. The van der Waals surface area contributed by atoms with Crippen LogP contribution in [0, 0.1) is 0 Å². The molecule has 1 unspecified atom stereocenters. The Labute approximate surface area is 154 Å². The molecule has 0 aliphatic carbocycles. The van der Waals surface area contributed by atoms with Crippen molar-refractivity contribution in [2.75, 3.05) is 20.2 Å². The number of benzene rings is 2. The Morgan fingerprint density at radius 1 is 1.23 bits per heavy atom. The number of aliphatic hydroxyl groups is 1. The molecule has 138 valence electrons. The highest BCUT2D eigenvalue weighted by Crippen LogP contribution is 2.30. The van der Waals surface area contributed by atoms with Gasteiger partial charge in [0.1, 0.15) is 5.75 Å². The number of primary amides is 1. The highest BCUT2D eigenvalue weighted by molar-refractivity contribution is 5.75. The summed E-state index contributed by atoms with van der Waals surface area (Å²) in [7, 11) is 1.67. The van der Waals surface area contributed by atoms with Crippen LogP contribution in [-0.4, -0.2) is 41.7 Å². The minimum atomic E-state index is -1.03. The van der Waals surface area contributed by atoms with Crippen molar-refractivity contribution in [2.24, 2.45) is 5.73 Å². The minimum absolute atomic E-state index is 0.00465. The van der Waals surface area contributed by atoms with Gasteiger partial charge in [-0.05, 0) is 42.6 Å². The maximum atomic E-state index is 11.3. The van der Waals surface area contributed by atoms with Crippen molar-refractivity contribution in [3.63, 3.8) is 0 Å². The minimum Gasteiger partial charge on any atom is -0.496 e. The van der Waals surface area contributed by atoms with Gasteiger partial charge in [0.2, 0.25) is 5.91 Å². The van der Waals surface area contributed by atoms with Gasteiger partial charge in [-0.1, -0.05) is 36.4 Å². The molecule has 1 saturated heterocycles. The number of piperidine rings is 1. The molecule has 1 aliphatic heterocycles. The Kier molecular flexibility index (Phi) is 5.59. The highest BCUT2D eigenvalue weighted by Gasteiger charge is 2.34. The van der Waals surface area contributed by atoms with Crippen LogP contribution in [0.1, 0.15) is 24.8 Å². The van der Waals surface area contributed by atoms with Crippen molar-refractivity contribution in [2.45, 2.75) is 31.4 Å². The smallest absolute Gasteiger partial charge is 0.220 e. The Morgan fingerprint density at radius 2 is 2.00 bits per heavy atom. The van der Waals surface area contributed by atoms with Gasteiger partial charge in [-0.25, -0.2) is 0 Å². The summed E-state index contributed by atoms with van der Waals surface area (Å²) in [6.07, 6.45) is 1.45. The molecule has 26 heavy (non-hydrogen) atoms. The predicted molar refractivity (Wildman–Crippen MR) is 102 cm³/mol. The van der Waals surface area contributed by atoms with E-state index in [1.54, 1.807) is 7.11 Å². The zero-order valence-electron chi connectivity index (χ0n) is 15.1. The van der Waals surface area contributed by atoms with Gasteiger partial charge in [-0.3, -0.25) is 9.69 Å². The molecule has 1 atom stereocenters. The molecule has 0 radical (unpaired) electrons. The van der Waals surface area contributed by atoms with Gasteiger partial charge in [-0.2, -0.15) is 0 Å². The first-order chi connectivity index (χ1) is 12.5. The van der Waals surface area contributed by atoms with E-state index in [9.17, 15) is 9.90 Å². The number of carbonyl (C=O) groups is 1. The van der Waals surface area contributed by atoms with Crippen molar-refractivity contribution in [1.82, 2.24) is 4.90 Å². The maximum absolute atomic E-state index is 11.3. The molecule has 0 saturated carbocycles. The standard InChI is InChI=1S/C21H26N2O3/c1-26-19-9-8-17(16-6-3-2-4-7-16)12-18(19)14-23-11-5-10-21(25,15-23)13-20(22)24/h2-4,6-9,12,25H,5,10-11,13-15H2,1H3,(H2,22,24). The van der Waals surface area contributed by atoms with E-state index in [1.807, 2.05) is 24.3 Å². The monoisotopic (exact) mass is 354 g/mol. The van der Waals surface area contributed by atoms with Crippen molar-refractivity contribution in [1.29, 1.82) is 0 Å². The van der Waals surface area contributed by atoms with Gasteiger partial charge in [0.25, 0.3) is 0 Å². The Morgan fingerprint density at radius 3 is 2.69 bits per heavy atom. The van der Waals surface area contributed by atoms with Crippen molar-refractivity contribution in [3.8, 4) is 16.9 Å². The second kappa shape index (κ2) is 7.89. The van der Waals surface area contributed by atoms with Crippen LogP contribution in [0.2, 0.25) is 0 Å². The van der Waals surface area contributed by atoms with Gasteiger partial charge in [0.05, 0.1) is 19.1 Å². The van der Waals surface area contributed by atoms with Gasteiger partial charge >= 0.3 is 0 Å². The summed E-state index contributed by atoms with van der Waals surface area (Å²) < 4.78 is 5.53. The zero-order chi connectivity index (χ0) is 18.6. The van der Waals surface area contributed by atoms with Crippen molar-refractivity contribution in [3.05, 3.63) is 54.1 Å². The molecule has 1 heterocycles. The molecule has 1 fully saturated rings. The SMILES string of the molecule is COc1ccc(-c2ccccc2)cc1CN1CCCC(O)(CC(N)=O)C1. The predicted octanol–water partition coefficient (Wildman–Crippen LogP) is 2.56. The van der Waals surface area contributed by atoms with Crippen LogP contribution < -0.4 is 10.5 Å². The Hall–Kier alpha value is -2.37. The van der Waals surface area contributed by atoms with Gasteiger partial charge in [-0.15, -0.1) is 0 Å². The second-order valence-electron chi connectivity index (χ2n) is 7.07. The van der Waals surface area contributed by atoms with E-state index in [4.69, 9.17) is 10.5 Å². The van der Waals surface area contributed by atoms with Gasteiger partial charge in [0, 0.05) is 18.7 Å². The van der Waals surface area contributed by atoms with E-state index in [0.717, 1.165) is 35.4 Å². The molecular formula is C21H26N2O3. The lowest BCUT2D eigenvalue weighted by Crippen LogP contribution is -2.49. The normalized spacial score (nSPS) is 20.7. The molecule has 0 bridgehead atoms. The second-order valence-corrected chi connectivity index (χ2v) is 7.07. The molecule has 2 aromatic rings. The molecule has 3 rings (SSSR count). The molecule has 0 spiro atoms. The van der Waals surface area contributed by atoms with E-state index < -0.39 is 11.5 Å². The largest absolute Gasteiger partial charge is 0.496 e. The number of carbonyl (C=O) groups excluding carboxylic acids is 1. The molecule has 0 aromatic heterocycles. The molecule has 2 aromatic carbocycles. The summed E-state index contributed by atoms with van der Waals surface area (Å²) in [6, 6.07) is 16.4. The van der Waals surface area contributed by atoms with Crippen LogP contribution in [0.15, 0.2) is 48.5 Å². The number of hydrogen-bond donors (Lipinski definition) is 2. The van der Waals surface area contributed by atoms with E-state index in [1.165, 1.54) is 0 Å². The lowest BCUT2D eigenvalue weighted by atomic mass is 9.89. The summed E-state index contributed by atoms with van der Waals surface area (Å²) in [5.41, 5.74) is 7.62. The number of nitrogens with zero attached hydrogens (tertiary/aromatic N) is 1. The Bertz CT molecular complexity index is 763. The highest BCUT2D eigenvalue weighted by atomic mass is 16.5.